The molecular weight excluding hydrogens is 326 g/mol. The van der Waals surface area contributed by atoms with Crippen LogP contribution in [0.4, 0.5) is 0 Å². The number of hydrogen-bond donors (Lipinski definition) is 1. The minimum Gasteiger partial charge on any atom is -0.493 e. The standard InChI is InChI=1S/C15H22BrNO.ClH/c1-11(2)14-8-13(16)5-6-15(14)18-10-12-4-3-7-17-9-12;/h5-6,8,11-12,17H,3-4,7,9-10H2,1-2H3;1H. The van der Waals surface area contributed by atoms with Gasteiger partial charge < -0.3 is 10.1 Å². The first-order valence-electron chi connectivity index (χ1n) is 6.80. The van der Waals surface area contributed by atoms with Crippen LogP contribution in [0.15, 0.2) is 22.7 Å². The third kappa shape index (κ3) is 4.97. The number of benzene rings is 1. The number of halogens is 2. The largest absolute Gasteiger partial charge is 0.493 e. The zero-order valence-corrected chi connectivity index (χ0v) is 14.0. The summed E-state index contributed by atoms with van der Waals surface area (Å²) in [6.45, 7) is 7.49. The first-order valence-corrected chi connectivity index (χ1v) is 7.59. The summed E-state index contributed by atoms with van der Waals surface area (Å²) in [5.41, 5.74) is 1.29. The van der Waals surface area contributed by atoms with Crippen LogP contribution in [0.2, 0.25) is 0 Å². The Morgan fingerprint density at radius 3 is 2.84 bits per heavy atom. The molecular formula is C15H23BrClNO. The van der Waals surface area contributed by atoms with Gasteiger partial charge in [-0.3, -0.25) is 0 Å². The van der Waals surface area contributed by atoms with Crippen LogP contribution in [0.1, 0.15) is 38.2 Å². The number of ether oxygens (including phenoxy) is 1. The lowest BCUT2D eigenvalue weighted by atomic mass is 10.00. The molecule has 0 amide bonds. The van der Waals surface area contributed by atoms with Gasteiger partial charge in [0.05, 0.1) is 6.61 Å². The second-order valence-electron chi connectivity index (χ2n) is 5.36. The van der Waals surface area contributed by atoms with E-state index in [2.05, 4.69) is 53.3 Å². The molecule has 1 N–H and O–H groups in total. The van der Waals surface area contributed by atoms with E-state index in [1.165, 1.54) is 18.4 Å². The Hall–Kier alpha value is -0.250. The first kappa shape index (κ1) is 16.8. The monoisotopic (exact) mass is 347 g/mol. The molecule has 1 aromatic rings. The van der Waals surface area contributed by atoms with Crippen molar-refractivity contribution in [3.63, 3.8) is 0 Å². The summed E-state index contributed by atoms with van der Waals surface area (Å²) in [5.74, 6) is 2.18. The van der Waals surface area contributed by atoms with E-state index in [9.17, 15) is 0 Å². The molecule has 19 heavy (non-hydrogen) atoms. The first-order chi connectivity index (χ1) is 8.66. The summed E-state index contributed by atoms with van der Waals surface area (Å²) in [7, 11) is 0. The lowest BCUT2D eigenvalue weighted by Gasteiger charge is -2.24. The van der Waals surface area contributed by atoms with Gasteiger partial charge in [0, 0.05) is 16.9 Å². The Bertz CT molecular complexity index is 392. The van der Waals surface area contributed by atoms with Crippen LogP contribution in [0, 0.1) is 5.92 Å². The summed E-state index contributed by atoms with van der Waals surface area (Å²) in [4.78, 5) is 0. The molecule has 108 valence electrons. The van der Waals surface area contributed by atoms with Gasteiger partial charge in [0.1, 0.15) is 5.75 Å². The minimum atomic E-state index is 0. The Balaban J connectivity index is 0.00000180. The van der Waals surface area contributed by atoms with Crippen LogP contribution in [-0.2, 0) is 0 Å². The summed E-state index contributed by atoms with van der Waals surface area (Å²) < 4.78 is 7.16. The molecule has 2 rings (SSSR count). The summed E-state index contributed by atoms with van der Waals surface area (Å²) in [5, 5.41) is 3.43. The molecule has 0 spiro atoms. The van der Waals surface area contributed by atoms with Crippen LogP contribution >= 0.6 is 28.3 Å². The molecule has 1 unspecified atom stereocenters. The second-order valence-corrected chi connectivity index (χ2v) is 6.28. The smallest absolute Gasteiger partial charge is 0.122 e. The highest BCUT2D eigenvalue weighted by Gasteiger charge is 2.15. The normalized spacial score (nSPS) is 19.1. The van der Waals surface area contributed by atoms with E-state index >= 15 is 0 Å². The Kier molecular flexibility index (Phi) is 7.19. The fourth-order valence-corrected chi connectivity index (χ4v) is 2.75. The SMILES string of the molecule is CC(C)c1cc(Br)ccc1OCC1CCCNC1.Cl. The quantitative estimate of drug-likeness (QED) is 0.872. The molecule has 1 atom stereocenters. The Labute approximate surface area is 130 Å². The average Bonchev–Trinajstić information content (AvgIpc) is 2.38. The van der Waals surface area contributed by atoms with Crippen molar-refractivity contribution in [2.45, 2.75) is 32.6 Å². The number of nitrogens with one attached hydrogen (secondary N) is 1. The number of hydrogen-bond acceptors (Lipinski definition) is 2. The highest BCUT2D eigenvalue weighted by molar-refractivity contribution is 9.10. The third-order valence-electron chi connectivity index (χ3n) is 3.47. The van der Waals surface area contributed by atoms with Crippen molar-refractivity contribution in [3.05, 3.63) is 28.2 Å². The van der Waals surface area contributed by atoms with E-state index < -0.39 is 0 Å². The van der Waals surface area contributed by atoms with Crippen molar-refractivity contribution in [2.24, 2.45) is 5.92 Å². The predicted molar refractivity (Wildman–Crippen MR) is 86.6 cm³/mol. The van der Waals surface area contributed by atoms with Gasteiger partial charge in [0.25, 0.3) is 0 Å². The highest BCUT2D eigenvalue weighted by Crippen LogP contribution is 2.30. The lowest BCUT2D eigenvalue weighted by Crippen LogP contribution is -2.33. The van der Waals surface area contributed by atoms with Crippen molar-refractivity contribution in [1.82, 2.24) is 5.32 Å². The van der Waals surface area contributed by atoms with Gasteiger partial charge in [-0.05, 0) is 49.1 Å². The van der Waals surface area contributed by atoms with Crippen LogP contribution < -0.4 is 10.1 Å². The zero-order valence-electron chi connectivity index (χ0n) is 11.6. The molecule has 1 saturated heterocycles. The van der Waals surface area contributed by atoms with E-state index in [0.29, 0.717) is 11.8 Å². The molecule has 1 aliphatic rings. The van der Waals surface area contributed by atoms with Gasteiger partial charge in [-0.25, -0.2) is 0 Å². The fraction of sp³-hybridized carbons (Fsp3) is 0.600. The van der Waals surface area contributed by atoms with Crippen LogP contribution in [0.25, 0.3) is 0 Å². The molecule has 1 aliphatic heterocycles. The number of piperidine rings is 1. The summed E-state index contributed by atoms with van der Waals surface area (Å²) >= 11 is 3.53. The van der Waals surface area contributed by atoms with Crippen LogP contribution in [0.5, 0.6) is 5.75 Å². The Morgan fingerprint density at radius 1 is 1.42 bits per heavy atom. The summed E-state index contributed by atoms with van der Waals surface area (Å²) in [6.07, 6.45) is 2.55. The highest BCUT2D eigenvalue weighted by atomic mass is 79.9. The molecule has 0 aliphatic carbocycles. The van der Waals surface area contributed by atoms with E-state index in [1.54, 1.807) is 0 Å². The molecule has 0 aromatic heterocycles. The molecule has 0 saturated carbocycles. The zero-order chi connectivity index (χ0) is 13.0. The van der Waals surface area contributed by atoms with Crippen LogP contribution in [-0.4, -0.2) is 19.7 Å². The van der Waals surface area contributed by atoms with E-state index in [4.69, 9.17) is 4.74 Å². The second kappa shape index (κ2) is 8.13. The van der Waals surface area contributed by atoms with Crippen molar-refractivity contribution < 1.29 is 4.74 Å². The van der Waals surface area contributed by atoms with Gasteiger partial charge in [0.15, 0.2) is 0 Å². The molecule has 0 radical (unpaired) electrons. The van der Waals surface area contributed by atoms with E-state index in [1.807, 2.05) is 0 Å². The topological polar surface area (TPSA) is 21.3 Å². The van der Waals surface area contributed by atoms with Gasteiger partial charge in [-0.1, -0.05) is 29.8 Å². The van der Waals surface area contributed by atoms with Gasteiger partial charge in [-0.15, -0.1) is 12.4 Å². The molecule has 4 heteroatoms. The van der Waals surface area contributed by atoms with Gasteiger partial charge in [-0.2, -0.15) is 0 Å². The minimum absolute atomic E-state index is 0. The summed E-state index contributed by atoms with van der Waals surface area (Å²) in [6, 6.07) is 6.30. The molecule has 1 fully saturated rings. The van der Waals surface area contributed by atoms with Gasteiger partial charge >= 0.3 is 0 Å². The van der Waals surface area contributed by atoms with Crippen LogP contribution in [0.3, 0.4) is 0 Å². The number of rotatable bonds is 4. The molecule has 1 heterocycles. The van der Waals surface area contributed by atoms with E-state index in [-0.39, 0.29) is 12.4 Å². The van der Waals surface area contributed by atoms with Crippen molar-refractivity contribution in [3.8, 4) is 5.75 Å². The molecule has 2 nitrogen and oxygen atoms in total. The van der Waals surface area contributed by atoms with E-state index in [0.717, 1.165) is 29.9 Å². The maximum Gasteiger partial charge on any atom is 0.122 e. The Morgan fingerprint density at radius 2 is 2.21 bits per heavy atom. The maximum absolute atomic E-state index is 6.03. The van der Waals surface area contributed by atoms with Crippen molar-refractivity contribution in [1.29, 1.82) is 0 Å². The van der Waals surface area contributed by atoms with Crippen molar-refractivity contribution >= 4 is 28.3 Å². The van der Waals surface area contributed by atoms with Gasteiger partial charge in [0.2, 0.25) is 0 Å². The molecule has 0 bridgehead atoms. The van der Waals surface area contributed by atoms with Crippen molar-refractivity contribution in [2.75, 3.05) is 19.7 Å². The lowest BCUT2D eigenvalue weighted by molar-refractivity contribution is 0.216. The molecule has 1 aromatic carbocycles. The maximum atomic E-state index is 6.03. The third-order valence-corrected chi connectivity index (χ3v) is 3.96. The fourth-order valence-electron chi connectivity index (χ4n) is 2.38. The predicted octanol–water partition coefficient (Wildman–Crippen LogP) is 4.37. The average molecular weight is 349 g/mol.